The van der Waals surface area contributed by atoms with Crippen LogP contribution < -0.4 is 10.2 Å². The molecule has 1 amide bonds. The number of amides is 1. The third kappa shape index (κ3) is 3.90. The molecule has 1 fully saturated rings. The summed E-state index contributed by atoms with van der Waals surface area (Å²) in [6, 6.07) is 4.86. The average molecular weight is 353 g/mol. The molecule has 1 aliphatic rings. The van der Waals surface area contributed by atoms with E-state index in [1.54, 1.807) is 18.2 Å². The molecule has 3 rings (SSSR count). The number of ether oxygens (including phenoxy) is 1. The van der Waals surface area contributed by atoms with E-state index in [2.05, 4.69) is 15.3 Å². The lowest BCUT2D eigenvalue weighted by molar-refractivity contribution is 0.102. The molecule has 2 aromatic rings. The van der Waals surface area contributed by atoms with Crippen LogP contribution in [0.4, 0.5) is 11.6 Å². The van der Waals surface area contributed by atoms with Crippen molar-refractivity contribution >= 4 is 40.7 Å². The molecule has 1 N–H and O–H groups in total. The molecule has 0 unspecified atom stereocenters. The van der Waals surface area contributed by atoms with Gasteiger partial charge in [0.2, 0.25) is 5.95 Å². The predicted octanol–water partition coefficient (Wildman–Crippen LogP) is 2.87. The molecule has 0 saturated carbocycles. The van der Waals surface area contributed by atoms with E-state index in [0.29, 0.717) is 40.5 Å². The van der Waals surface area contributed by atoms with Crippen LogP contribution in [0, 0.1) is 0 Å². The Morgan fingerprint density at radius 1 is 1.17 bits per heavy atom. The van der Waals surface area contributed by atoms with E-state index in [1.165, 1.54) is 12.4 Å². The smallest absolute Gasteiger partial charge is 0.258 e. The molecule has 2 heterocycles. The molecule has 120 valence electrons. The predicted molar refractivity (Wildman–Crippen MR) is 89.5 cm³/mol. The van der Waals surface area contributed by atoms with Crippen molar-refractivity contribution < 1.29 is 9.53 Å². The maximum atomic E-state index is 12.2. The Bertz CT molecular complexity index is 703. The summed E-state index contributed by atoms with van der Waals surface area (Å²) >= 11 is 11.9. The summed E-state index contributed by atoms with van der Waals surface area (Å²) < 4.78 is 5.29. The van der Waals surface area contributed by atoms with Gasteiger partial charge in [0.1, 0.15) is 0 Å². The first-order valence-corrected chi connectivity index (χ1v) is 7.80. The molecule has 0 radical (unpaired) electrons. The third-order valence-corrected chi connectivity index (χ3v) is 3.92. The molecule has 1 saturated heterocycles. The lowest BCUT2D eigenvalue weighted by Crippen LogP contribution is -2.37. The first kappa shape index (κ1) is 16.0. The molecule has 0 aliphatic carbocycles. The zero-order valence-corrected chi connectivity index (χ0v) is 13.6. The van der Waals surface area contributed by atoms with Crippen molar-refractivity contribution in [2.24, 2.45) is 0 Å². The lowest BCUT2D eigenvalue weighted by Gasteiger charge is -2.26. The average Bonchev–Trinajstić information content (AvgIpc) is 2.58. The molecule has 0 bridgehead atoms. The molecule has 23 heavy (non-hydrogen) atoms. The molecule has 8 heteroatoms. The molecule has 0 atom stereocenters. The van der Waals surface area contributed by atoms with E-state index in [9.17, 15) is 4.79 Å². The largest absolute Gasteiger partial charge is 0.378 e. The van der Waals surface area contributed by atoms with Crippen LogP contribution in [0.5, 0.6) is 0 Å². The highest BCUT2D eigenvalue weighted by Crippen LogP contribution is 2.25. The minimum absolute atomic E-state index is 0.331. The summed E-state index contributed by atoms with van der Waals surface area (Å²) in [4.78, 5) is 22.7. The molecule has 1 aliphatic heterocycles. The number of anilines is 2. The number of rotatable bonds is 3. The number of aromatic nitrogens is 2. The van der Waals surface area contributed by atoms with Gasteiger partial charge in [-0.2, -0.15) is 0 Å². The molecular formula is C15H14Cl2N4O2. The maximum Gasteiger partial charge on any atom is 0.258 e. The van der Waals surface area contributed by atoms with E-state index in [-0.39, 0.29) is 5.91 Å². The number of nitrogens with one attached hydrogen (secondary N) is 1. The van der Waals surface area contributed by atoms with Gasteiger partial charge in [0.15, 0.2) is 0 Å². The van der Waals surface area contributed by atoms with Gasteiger partial charge in [0, 0.05) is 30.5 Å². The van der Waals surface area contributed by atoms with Crippen molar-refractivity contribution in [2.75, 3.05) is 36.5 Å². The molecule has 6 nitrogen and oxygen atoms in total. The third-order valence-electron chi connectivity index (χ3n) is 3.37. The minimum Gasteiger partial charge on any atom is -0.378 e. The number of halogens is 2. The van der Waals surface area contributed by atoms with Gasteiger partial charge >= 0.3 is 0 Å². The minimum atomic E-state index is -0.331. The lowest BCUT2D eigenvalue weighted by atomic mass is 10.2. The van der Waals surface area contributed by atoms with Crippen LogP contribution in [0.25, 0.3) is 0 Å². The second-order valence-corrected chi connectivity index (χ2v) is 5.79. The summed E-state index contributed by atoms with van der Waals surface area (Å²) in [7, 11) is 0. The van der Waals surface area contributed by atoms with E-state index in [1.807, 2.05) is 4.90 Å². The van der Waals surface area contributed by atoms with E-state index >= 15 is 0 Å². The van der Waals surface area contributed by atoms with Gasteiger partial charge in [-0.1, -0.05) is 23.2 Å². The van der Waals surface area contributed by atoms with Gasteiger partial charge in [0.05, 0.1) is 29.5 Å². The fourth-order valence-electron chi connectivity index (χ4n) is 2.15. The van der Waals surface area contributed by atoms with Crippen molar-refractivity contribution in [3.05, 3.63) is 46.2 Å². The molecule has 0 spiro atoms. The standard InChI is InChI=1S/C15H14Cl2N4O2/c16-11-1-2-13(12(17)7-11)20-14(22)10-8-18-15(19-9-10)21-3-5-23-6-4-21/h1-2,7-9H,3-6H2,(H,20,22). The summed E-state index contributed by atoms with van der Waals surface area (Å²) in [5.74, 6) is 0.261. The van der Waals surface area contributed by atoms with Crippen LogP contribution in [0.1, 0.15) is 10.4 Å². The Morgan fingerprint density at radius 2 is 1.87 bits per heavy atom. The Labute approximate surface area is 143 Å². The first-order chi connectivity index (χ1) is 11.1. The molecule has 1 aromatic heterocycles. The number of hydrogen-bond donors (Lipinski definition) is 1. The van der Waals surface area contributed by atoms with Gasteiger partial charge in [-0.3, -0.25) is 4.79 Å². The number of morpholine rings is 1. The van der Waals surface area contributed by atoms with E-state index in [4.69, 9.17) is 27.9 Å². The normalized spacial score (nSPS) is 14.6. The van der Waals surface area contributed by atoms with Crippen molar-refractivity contribution in [1.82, 2.24) is 9.97 Å². The number of benzene rings is 1. The summed E-state index contributed by atoms with van der Waals surface area (Å²) in [5, 5.41) is 3.59. The fourth-order valence-corrected chi connectivity index (χ4v) is 2.61. The molecular weight excluding hydrogens is 339 g/mol. The van der Waals surface area contributed by atoms with Crippen LogP contribution in [0.2, 0.25) is 10.0 Å². The monoisotopic (exact) mass is 352 g/mol. The van der Waals surface area contributed by atoms with Gasteiger partial charge in [-0.05, 0) is 18.2 Å². The first-order valence-electron chi connectivity index (χ1n) is 7.04. The number of carbonyl (C=O) groups excluding carboxylic acids is 1. The van der Waals surface area contributed by atoms with Crippen molar-refractivity contribution in [1.29, 1.82) is 0 Å². The van der Waals surface area contributed by atoms with Crippen molar-refractivity contribution in [3.63, 3.8) is 0 Å². The van der Waals surface area contributed by atoms with E-state index < -0.39 is 0 Å². The highest BCUT2D eigenvalue weighted by atomic mass is 35.5. The Hall–Kier alpha value is -1.89. The zero-order chi connectivity index (χ0) is 16.2. The topological polar surface area (TPSA) is 67.4 Å². The zero-order valence-electron chi connectivity index (χ0n) is 12.1. The van der Waals surface area contributed by atoms with Crippen molar-refractivity contribution in [3.8, 4) is 0 Å². The number of hydrogen-bond acceptors (Lipinski definition) is 5. The second kappa shape index (κ2) is 7.12. The Kier molecular flexibility index (Phi) is 4.95. The highest BCUT2D eigenvalue weighted by Gasteiger charge is 2.15. The summed E-state index contributed by atoms with van der Waals surface area (Å²) in [6.07, 6.45) is 2.99. The second-order valence-electron chi connectivity index (χ2n) is 4.95. The number of carbonyl (C=O) groups is 1. The van der Waals surface area contributed by atoms with Gasteiger partial charge in [0.25, 0.3) is 5.91 Å². The fraction of sp³-hybridized carbons (Fsp3) is 0.267. The highest BCUT2D eigenvalue weighted by molar-refractivity contribution is 6.36. The van der Waals surface area contributed by atoms with Crippen LogP contribution >= 0.6 is 23.2 Å². The van der Waals surface area contributed by atoms with Crippen molar-refractivity contribution in [2.45, 2.75) is 0 Å². The SMILES string of the molecule is O=C(Nc1ccc(Cl)cc1Cl)c1cnc(N2CCOCC2)nc1. The van der Waals surface area contributed by atoms with Crippen LogP contribution in [-0.2, 0) is 4.74 Å². The van der Waals surface area contributed by atoms with Gasteiger partial charge in [-0.25, -0.2) is 9.97 Å². The number of nitrogens with zero attached hydrogens (tertiary/aromatic N) is 3. The van der Waals surface area contributed by atoms with E-state index in [0.717, 1.165) is 13.1 Å². The maximum absolute atomic E-state index is 12.2. The van der Waals surface area contributed by atoms with Crippen LogP contribution in [-0.4, -0.2) is 42.2 Å². The molecule has 1 aromatic carbocycles. The van der Waals surface area contributed by atoms with Gasteiger partial charge in [-0.15, -0.1) is 0 Å². The summed E-state index contributed by atoms with van der Waals surface area (Å²) in [6.45, 7) is 2.79. The van der Waals surface area contributed by atoms with Crippen LogP contribution in [0.3, 0.4) is 0 Å². The Morgan fingerprint density at radius 3 is 2.52 bits per heavy atom. The van der Waals surface area contributed by atoms with Gasteiger partial charge < -0.3 is 15.0 Å². The summed E-state index contributed by atoms with van der Waals surface area (Å²) in [5.41, 5.74) is 0.839. The Balaban J connectivity index is 1.69. The quantitative estimate of drug-likeness (QED) is 0.919. The van der Waals surface area contributed by atoms with Crippen LogP contribution in [0.15, 0.2) is 30.6 Å².